The Hall–Kier alpha value is -3.12. The summed E-state index contributed by atoms with van der Waals surface area (Å²) in [6, 6.07) is 11.7. The van der Waals surface area contributed by atoms with Crippen LogP contribution in [0.15, 0.2) is 53.2 Å². The number of nitrogens with zero attached hydrogens (tertiary/aromatic N) is 1. The third kappa shape index (κ3) is 3.57. The molecule has 0 atom stereocenters. The van der Waals surface area contributed by atoms with Crippen molar-refractivity contribution >= 4 is 40.8 Å². The highest BCUT2D eigenvalue weighted by Gasteiger charge is 2.39. The largest absolute Gasteiger partial charge is 0.465 e. The molecule has 7 heteroatoms. The first-order valence-electron chi connectivity index (χ1n) is 8.14. The van der Waals surface area contributed by atoms with Crippen molar-refractivity contribution in [2.24, 2.45) is 0 Å². The van der Waals surface area contributed by atoms with Crippen LogP contribution in [0.2, 0.25) is 0 Å². The summed E-state index contributed by atoms with van der Waals surface area (Å²) >= 11 is 6.13. The molecule has 27 heavy (non-hydrogen) atoms. The lowest BCUT2D eigenvalue weighted by molar-refractivity contribution is -0.120. The van der Waals surface area contributed by atoms with Gasteiger partial charge in [0, 0.05) is 5.69 Å². The molecule has 3 rings (SSSR count). The van der Waals surface area contributed by atoms with E-state index in [9.17, 15) is 14.4 Å². The number of esters is 1. The third-order valence-corrected chi connectivity index (χ3v) is 4.42. The van der Waals surface area contributed by atoms with Crippen molar-refractivity contribution in [1.82, 2.24) is 0 Å². The Bertz CT molecular complexity index is 960. The number of hydrogen-bond acceptors (Lipinski definition) is 5. The Morgan fingerprint density at radius 1 is 1.00 bits per heavy atom. The molecule has 2 amide bonds. The molecule has 2 aromatic carbocycles. The lowest BCUT2D eigenvalue weighted by Gasteiger charge is -2.15. The van der Waals surface area contributed by atoms with E-state index in [2.05, 4.69) is 10.1 Å². The molecular formula is C20H17ClN2O4. The summed E-state index contributed by atoms with van der Waals surface area (Å²) in [5, 5.41) is 2.77. The maximum atomic E-state index is 12.8. The van der Waals surface area contributed by atoms with Gasteiger partial charge < -0.3 is 10.1 Å². The van der Waals surface area contributed by atoms with Gasteiger partial charge in [-0.05, 0) is 61.4 Å². The number of ether oxygens (including phenoxy) is 1. The lowest BCUT2D eigenvalue weighted by Crippen LogP contribution is -2.32. The molecule has 1 aliphatic rings. The molecule has 0 radical (unpaired) electrons. The van der Waals surface area contributed by atoms with Gasteiger partial charge in [0.25, 0.3) is 11.8 Å². The Morgan fingerprint density at radius 3 is 2.15 bits per heavy atom. The number of anilines is 2. The van der Waals surface area contributed by atoms with E-state index in [1.165, 1.54) is 31.4 Å². The smallest absolute Gasteiger partial charge is 0.337 e. The van der Waals surface area contributed by atoms with E-state index in [1.54, 1.807) is 0 Å². The summed E-state index contributed by atoms with van der Waals surface area (Å²) in [7, 11) is 1.28. The molecule has 0 saturated heterocycles. The van der Waals surface area contributed by atoms with E-state index in [1.807, 2.05) is 32.0 Å². The summed E-state index contributed by atoms with van der Waals surface area (Å²) in [4.78, 5) is 37.8. The average Bonchev–Trinajstić information content (AvgIpc) is 2.84. The van der Waals surface area contributed by atoms with Gasteiger partial charge in [0.05, 0.1) is 18.4 Å². The van der Waals surface area contributed by atoms with Crippen molar-refractivity contribution in [2.45, 2.75) is 13.8 Å². The molecule has 0 aromatic heterocycles. The van der Waals surface area contributed by atoms with E-state index >= 15 is 0 Å². The average molecular weight is 385 g/mol. The van der Waals surface area contributed by atoms with E-state index in [0.717, 1.165) is 16.0 Å². The monoisotopic (exact) mass is 384 g/mol. The fraction of sp³-hybridized carbons (Fsp3) is 0.150. The predicted molar refractivity (Wildman–Crippen MR) is 103 cm³/mol. The highest BCUT2D eigenvalue weighted by molar-refractivity contribution is 6.53. The molecule has 0 bridgehead atoms. The summed E-state index contributed by atoms with van der Waals surface area (Å²) < 4.78 is 4.64. The number of aryl methyl sites for hydroxylation is 2. The molecule has 1 N–H and O–H groups in total. The number of nitrogens with one attached hydrogen (secondary N) is 1. The van der Waals surface area contributed by atoms with Gasteiger partial charge in [-0.25, -0.2) is 9.69 Å². The summed E-state index contributed by atoms with van der Waals surface area (Å²) in [6.45, 7) is 3.87. The minimum absolute atomic E-state index is 0.0173. The fourth-order valence-electron chi connectivity index (χ4n) is 2.90. The van der Waals surface area contributed by atoms with Crippen molar-refractivity contribution in [2.75, 3.05) is 17.3 Å². The van der Waals surface area contributed by atoms with Crippen molar-refractivity contribution in [3.63, 3.8) is 0 Å². The SMILES string of the molecule is COC(=O)c1ccc(N2C(=O)C(Cl)=C(Nc3cc(C)cc(C)c3)C2=O)cc1. The number of imide groups is 1. The Kier molecular flexibility index (Phi) is 5.01. The highest BCUT2D eigenvalue weighted by Crippen LogP contribution is 2.30. The van der Waals surface area contributed by atoms with Crippen LogP contribution >= 0.6 is 11.6 Å². The second kappa shape index (κ2) is 7.25. The predicted octanol–water partition coefficient (Wildman–Crippen LogP) is 3.53. The van der Waals surface area contributed by atoms with Gasteiger partial charge in [0.2, 0.25) is 0 Å². The van der Waals surface area contributed by atoms with Crippen LogP contribution in [-0.2, 0) is 14.3 Å². The maximum absolute atomic E-state index is 12.8. The van der Waals surface area contributed by atoms with Crippen LogP contribution in [0.3, 0.4) is 0 Å². The second-order valence-corrected chi connectivity index (χ2v) is 6.55. The molecule has 2 aromatic rings. The van der Waals surface area contributed by atoms with Crippen molar-refractivity contribution in [1.29, 1.82) is 0 Å². The van der Waals surface area contributed by atoms with Crippen molar-refractivity contribution in [3.05, 3.63) is 69.9 Å². The number of amides is 2. The number of carbonyl (C=O) groups is 3. The minimum atomic E-state index is -0.626. The van der Waals surface area contributed by atoms with E-state index in [0.29, 0.717) is 16.9 Å². The van der Waals surface area contributed by atoms with Crippen LogP contribution in [0.25, 0.3) is 0 Å². The zero-order valence-corrected chi connectivity index (χ0v) is 15.8. The maximum Gasteiger partial charge on any atom is 0.337 e. The molecule has 0 aliphatic carbocycles. The number of hydrogen-bond donors (Lipinski definition) is 1. The highest BCUT2D eigenvalue weighted by atomic mass is 35.5. The normalized spacial score (nSPS) is 14.0. The number of methoxy groups -OCH3 is 1. The molecule has 1 heterocycles. The van der Waals surface area contributed by atoms with E-state index < -0.39 is 17.8 Å². The zero-order valence-electron chi connectivity index (χ0n) is 15.0. The van der Waals surface area contributed by atoms with Gasteiger partial charge >= 0.3 is 5.97 Å². The third-order valence-electron chi connectivity index (χ3n) is 4.06. The van der Waals surface area contributed by atoms with E-state index in [-0.39, 0.29) is 10.7 Å². The van der Waals surface area contributed by atoms with Crippen LogP contribution < -0.4 is 10.2 Å². The molecule has 138 valence electrons. The van der Waals surface area contributed by atoms with Gasteiger partial charge in [0.15, 0.2) is 0 Å². The Labute approximate surface area is 161 Å². The number of benzene rings is 2. The second-order valence-electron chi connectivity index (χ2n) is 6.17. The van der Waals surface area contributed by atoms with Crippen LogP contribution in [0.1, 0.15) is 21.5 Å². The molecule has 6 nitrogen and oxygen atoms in total. The first-order valence-corrected chi connectivity index (χ1v) is 8.52. The van der Waals surface area contributed by atoms with E-state index in [4.69, 9.17) is 11.6 Å². The lowest BCUT2D eigenvalue weighted by atomic mass is 10.1. The Balaban J connectivity index is 1.88. The first-order chi connectivity index (χ1) is 12.8. The first kappa shape index (κ1) is 18.7. The summed E-state index contributed by atoms with van der Waals surface area (Å²) in [5.74, 6) is -1.69. The molecule has 0 fully saturated rings. The van der Waals surface area contributed by atoms with Crippen molar-refractivity contribution < 1.29 is 19.1 Å². The van der Waals surface area contributed by atoms with Crippen LogP contribution in [-0.4, -0.2) is 24.9 Å². The Morgan fingerprint density at radius 2 is 1.59 bits per heavy atom. The minimum Gasteiger partial charge on any atom is -0.465 e. The van der Waals surface area contributed by atoms with Crippen LogP contribution in [0.5, 0.6) is 0 Å². The van der Waals surface area contributed by atoms with Gasteiger partial charge in [-0.2, -0.15) is 0 Å². The fourth-order valence-corrected chi connectivity index (χ4v) is 3.11. The van der Waals surface area contributed by atoms with Gasteiger partial charge in [-0.1, -0.05) is 17.7 Å². The van der Waals surface area contributed by atoms with Gasteiger partial charge in [-0.3, -0.25) is 9.59 Å². The molecule has 0 spiro atoms. The molecule has 0 saturated carbocycles. The summed E-state index contributed by atoms with van der Waals surface area (Å²) in [5.41, 5.74) is 3.34. The van der Waals surface area contributed by atoms with Gasteiger partial charge in [0.1, 0.15) is 10.7 Å². The van der Waals surface area contributed by atoms with Crippen LogP contribution in [0, 0.1) is 13.8 Å². The molecular weight excluding hydrogens is 368 g/mol. The van der Waals surface area contributed by atoms with Crippen molar-refractivity contribution in [3.8, 4) is 0 Å². The molecule has 1 aliphatic heterocycles. The topological polar surface area (TPSA) is 75.7 Å². The summed E-state index contributed by atoms with van der Waals surface area (Å²) in [6.07, 6.45) is 0. The zero-order chi connectivity index (χ0) is 19.7. The quantitative estimate of drug-likeness (QED) is 0.644. The number of halogens is 1. The van der Waals surface area contributed by atoms with Crippen LogP contribution in [0.4, 0.5) is 11.4 Å². The van der Waals surface area contributed by atoms with Gasteiger partial charge in [-0.15, -0.1) is 0 Å². The molecule has 0 unspecified atom stereocenters. The standard InChI is InChI=1S/C20H17ClN2O4/c1-11-8-12(2)10-14(9-11)22-17-16(21)18(24)23(19(17)25)15-6-4-13(5-7-15)20(26)27-3/h4-10,22H,1-3H3. The number of carbonyl (C=O) groups excluding carboxylic acids is 3. The number of rotatable bonds is 4.